The minimum atomic E-state index is -0.120. The smallest absolute Gasteiger partial charge is 0.255 e. The van der Waals surface area contributed by atoms with Crippen LogP contribution in [0.3, 0.4) is 0 Å². The normalized spacial score (nSPS) is 9.88. The summed E-state index contributed by atoms with van der Waals surface area (Å²) in [4.78, 5) is 12.3. The summed E-state index contributed by atoms with van der Waals surface area (Å²) >= 11 is 0. The Bertz CT molecular complexity index is 784. The first kappa shape index (κ1) is 17.7. The van der Waals surface area contributed by atoms with E-state index in [2.05, 4.69) is 5.32 Å². The summed E-state index contributed by atoms with van der Waals surface area (Å²) in [6.45, 7) is 0.495. The second-order valence-electron chi connectivity index (χ2n) is 5.30. The zero-order chi connectivity index (χ0) is 16.1. The van der Waals surface area contributed by atoms with Gasteiger partial charge in [0.05, 0.1) is 0 Å². The van der Waals surface area contributed by atoms with Crippen molar-refractivity contribution in [3.05, 3.63) is 90.0 Å². The van der Waals surface area contributed by atoms with E-state index in [1.807, 2.05) is 78.9 Å². The Morgan fingerprint density at radius 2 is 1.38 bits per heavy atom. The lowest BCUT2D eigenvalue weighted by Crippen LogP contribution is -2.11. The van der Waals surface area contributed by atoms with Crippen molar-refractivity contribution in [2.75, 3.05) is 5.32 Å². The molecule has 0 bridgehead atoms. The first-order valence-corrected chi connectivity index (χ1v) is 7.52. The number of carbonyl (C=O) groups excluding carboxylic acids is 1. The SMILES string of the molecule is Cl.NCc1ccc(NC(=O)c2ccc(-c3ccccc3)cc2)cc1. The number of hydrogen-bond donors (Lipinski definition) is 2. The average molecular weight is 339 g/mol. The van der Waals surface area contributed by atoms with Crippen molar-refractivity contribution in [3.63, 3.8) is 0 Å². The molecular formula is C20H19ClN2O. The summed E-state index contributed by atoms with van der Waals surface area (Å²) in [5.41, 5.74) is 10.2. The standard InChI is InChI=1S/C20H18N2O.ClH/c21-14-15-6-12-19(13-7-15)22-20(23)18-10-8-17(9-11-18)16-4-2-1-3-5-16;/h1-13H,14,21H2,(H,22,23);1H. The van der Waals surface area contributed by atoms with Crippen LogP contribution in [0.1, 0.15) is 15.9 Å². The van der Waals surface area contributed by atoms with E-state index in [9.17, 15) is 4.79 Å². The molecule has 3 nitrogen and oxygen atoms in total. The number of benzene rings is 3. The molecule has 0 atom stereocenters. The monoisotopic (exact) mass is 338 g/mol. The molecule has 0 saturated carbocycles. The third kappa shape index (κ3) is 4.22. The van der Waals surface area contributed by atoms with E-state index in [0.717, 1.165) is 22.4 Å². The first-order chi connectivity index (χ1) is 11.3. The second kappa shape index (κ2) is 8.29. The highest BCUT2D eigenvalue weighted by atomic mass is 35.5. The highest BCUT2D eigenvalue weighted by Gasteiger charge is 2.06. The molecule has 1 amide bonds. The summed E-state index contributed by atoms with van der Waals surface area (Å²) in [6, 6.07) is 25.2. The molecule has 3 N–H and O–H groups in total. The van der Waals surface area contributed by atoms with Crippen LogP contribution in [0.2, 0.25) is 0 Å². The van der Waals surface area contributed by atoms with Gasteiger partial charge in [0.15, 0.2) is 0 Å². The molecular weight excluding hydrogens is 320 g/mol. The van der Waals surface area contributed by atoms with E-state index in [-0.39, 0.29) is 18.3 Å². The van der Waals surface area contributed by atoms with Gasteiger partial charge in [-0.25, -0.2) is 0 Å². The van der Waals surface area contributed by atoms with Crippen LogP contribution >= 0.6 is 12.4 Å². The number of halogens is 1. The Hall–Kier alpha value is -2.62. The molecule has 0 radical (unpaired) electrons. The molecule has 0 unspecified atom stereocenters. The van der Waals surface area contributed by atoms with Crippen molar-refractivity contribution in [2.45, 2.75) is 6.54 Å². The summed E-state index contributed by atoms with van der Waals surface area (Å²) in [5.74, 6) is -0.120. The quantitative estimate of drug-likeness (QED) is 0.736. The third-order valence-corrected chi connectivity index (χ3v) is 3.70. The van der Waals surface area contributed by atoms with Gasteiger partial charge in [0, 0.05) is 17.8 Å². The molecule has 0 aliphatic heterocycles. The summed E-state index contributed by atoms with van der Waals surface area (Å²) in [7, 11) is 0. The summed E-state index contributed by atoms with van der Waals surface area (Å²) in [6.07, 6.45) is 0. The Morgan fingerprint density at radius 3 is 1.96 bits per heavy atom. The van der Waals surface area contributed by atoms with E-state index in [1.165, 1.54) is 0 Å². The van der Waals surface area contributed by atoms with Gasteiger partial charge >= 0.3 is 0 Å². The van der Waals surface area contributed by atoms with Crippen LogP contribution in [-0.2, 0) is 6.54 Å². The van der Waals surface area contributed by atoms with E-state index < -0.39 is 0 Å². The predicted octanol–water partition coefficient (Wildman–Crippen LogP) is 4.49. The number of rotatable bonds is 4. The number of hydrogen-bond acceptors (Lipinski definition) is 2. The molecule has 0 heterocycles. The van der Waals surface area contributed by atoms with Crippen molar-refractivity contribution in [3.8, 4) is 11.1 Å². The molecule has 0 aliphatic carbocycles. The maximum atomic E-state index is 12.3. The van der Waals surface area contributed by atoms with Gasteiger partial charge in [-0.05, 0) is 41.0 Å². The van der Waals surface area contributed by atoms with Crippen LogP contribution in [0, 0.1) is 0 Å². The molecule has 0 saturated heterocycles. The highest BCUT2D eigenvalue weighted by Crippen LogP contribution is 2.20. The summed E-state index contributed by atoms with van der Waals surface area (Å²) in [5, 5.41) is 2.89. The van der Waals surface area contributed by atoms with Crippen molar-refractivity contribution in [1.29, 1.82) is 0 Å². The van der Waals surface area contributed by atoms with Crippen molar-refractivity contribution >= 4 is 24.0 Å². The van der Waals surface area contributed by atoms with Gasteiger partial charge in [-0.3, -0.25) is 4.79 Å². The lowest BCUT2D eigenvalue weighted by molar-refractivity contribution is 0.102. The summed E-state index contributed by atoms with van der Waals surface area (Å²) < 4.78 is 0. The van der Waals surface area contributed by atoms with Crippen LogP contribution in [0.25, 0.3) is 11.1 Å². The van der Waals surface area contributed by atoms with Gasteiger partial charge in [-0.1, -0.05) is 54.6 Å². The van der Waals surface area contributed by atoms with Crippen molar-refractivity contribution in [2.24, 2.45) is 5.73 Å². The Balaban J connectivity index is 0.00000208. The molecule has 0 aliphatic rings. The maximum Gasteiger partial charge on any atom is 0.255 e. The number of nitrogens with two attached hydrogens (primary N) is 1. The van der Waals surface area contributed by atoms with Crippen LogP contribution in [0.4, 0.5) is 5.69 Å². The Kier molecular flexibility index (Phi) is 6.13. The third-order valence-electron chi connectivity index (χ3n) is 3.70. The molecule has 3 rings (SSSR count). The van der Waals surface area contributed by atoms with E-state index in [1.54, 1.807) is 0 Å². The highest BCUT2D eigenvalue weighted by molar-refractivity contribution is 6.04. The topological polar surface area (TPSA) is 55.1 Å². The minimum absolute atomic E-state index is 0. The van der Waals surface area contributed by atoms with E-state index in [4.69, 9.17) is 5.73 Å². The largest absolute Gasteiger partial charge is 0.326 e. The van der Waals surface area contributed by atoms with Crippen molar-refractivity contribution in [1.82, 2.24) is 0 Å². The first-order valence-electron chi connectivity index (χ1n) is 7.52. The van der Waals surface area contributed by atoms with Crippen LogP contribution in [0.15, 0.2) is 78.9 Å². The number of anilines is 1. The zero-order valence-electron chi connectivity index (χ0n) is 13.1. The molecule has 3 aromatic carbocycles. The lowest BCUT2D eigenvalue weighted by Gasteiger charge is -2.07. The fraction of sp³-hybridized carbons (Fsp3) is 0.0500. The lowest BCUT2D eigenvalue weighted by atomic mass is 10.0. The average Bonchev–Trinajstić information content (AvgIpc) is 2.63. The molecule has 24 heavy (non-hydrogen) atoms. The van der Waals surface area contributed by atoms with Gasteiger partial charge in [-0.2, -0.15) is 0 Å². The van der Waals surface area contributed by atoms with Gasteiger partial charge in [0.1, 0.15) is 0 Å². The van der Waals surface area contributed by atoms with Crippen LogP contribution in [-0.4, -0.2) is 5.91 Å². The van der Waals surface area contributed by atoms with Crippen molar-refractivity contribution < 1.29 is 4.79 Å². The molecule has 4 heteroatoms. The second-order valence-corrected chi connectivity index (χ2v) is 5.30. The molecule has 0 fully saturated rings. The molecule has 122 valence electrons. The van der Waals surface area contributed by atoms with Crippen LogP contribution < -0.4 is 11.1 Å². The van der Waals surface area contributed by atoms with E-state index in [0.29, 0.717) is 12.1 Å². The number of amides is 1. The van der Waals surface area contributed by atoms with Gasteiger partial charge in [-0.15, -0.1) is 12.4 Å². The Morgan fingerprint density at radius 1 is 0.792 bits per heavy atom. The zero-order valence-corrected chi connectivity index (χ0v) is 13.9. The Labute approximate surface area is 147 Å². The molecule has 0 aromatic heterocycles. The van der Waals surface area contributed by atoms with Gasteiger partial charge in [0.2, 0.25) is 0 Å². The fourth-order valence-corrected chi connectivity index (χ4v) is 2.37. The maximum absolute atomic E-state index is 12.3. The number of nitrogens with one attached hydrogen (secondary N) is 1. The minimum Gasteiger partial charge on any atom is -0.326 e. The fourth-order valence-electron chi connectivity index (χ4n) is 2.37. The van der Waals surface area contributed by atoms with E-state index >= 15 is 0 Å². The predicted molar refractivity (Wildman–Crippen MR) is 101 cm³/mol. The number of carbonyl (C=O) groups is 1. The van der Waals surface area contributed by atoms with Gasteiger partial charge < -0.3 is 11.1 Å². The molecule has 3 aromatic rings. The molecule has 0 spiro atoms. The van der Waals surface area contributed by atoms with Gasteiger partial charge in [0.25, 0.3) is 5.91 Å². The van der Waals surface area contributed by atoms with Crippen LogP contribution in [0.5, 0.6) is 0 Å².